The van der Waals surface area contributed by atoms with E-state index in [0.29, 0.717) is 11.7 Å². The Bertz CT molecular complexity index is 475. The second-order valence-corrected chi connectivity index (χ2v) is 5.42. The number of hydrogen-bond donors (Lipinski definition) is 3. The van der Waals surface area contributed by atoms with Crippen LogP contribution in [0.3, 0.4) is 0 Å². The third-order valence-corrected chi connectivity index (χ3v) is 3.36. The van der Waals surface area contributed by atoms with E-state index in [1.165, 1.54) is 6.92 Å². The standard InChI is InChI=1S/C13H20N4O2/c1-7(2)13(19)15-12-6-11(16-17-12)9-4-10(5-9)14-8(3)18/h6-7,9-10H,4-5H2,1-3H3,(H,14,18)(H2,15,16,17,19). The summed E-state index contributed by atoms with van der Waals surface area (Å²) in [7, 11) is 0. The van der Waals surface area contributed by atoms with E-state index in [2.05, 4.69) is 20.8 Å². The van der Waals surface area contributed by atoms with Crippen LogP contribution in [-0.2, 0) is 9.59 Å². The Balaban J connectivity index is 1.86. The molecular formula is C13H20N4O2. The lowest BCUT2D eigenvalue weighted by Crippen LogP contribution is -2.42. The molecular weight excluding hydrogens is 244 g/mol. The second kappa shape index (κ2) is 5.42. The Morgan fingerprint density at radius 1 is 1.42 bits per heavy atom. The molecule has 104 valence electrons. The van der Waals surface area contributed by atoms with Gasteiger partial charge in [-0.25, -0.2) is 0 Å². The number of carbonyl (C=O) groups excluding carboxylic acids is 2. The number of aromatic nitrogens is 2. The monoisotopic (exact) mass is 264 g/mol. The molecule has 2 amide bonds. The molecule has 1 aliphatic carbocycles. The summed E-state index contributed by atoms with van der Waals surface area (Å²) in [5, 5.41) is 12.7. The van der Waals surface area contributed by atoms with Crippen LogP contribution in [0.1, 0.15) is 45.2 Å². The first kappa shape index (κ1) is 13.6. The summed E-state index contributed by atoms with van der Waals surface area (Å²) in [5.41, 5.74) is 1.01. The smallest absolute Gasteiger partial charge is 0.228 e. The molecule has 6 nitrogen and oxygen atoms in total. The topological polar surface area (TPSA) is 86.9 Å². The third kappa shape index (κ3) is 3.33. The summed E-state index contributed by atoms with van der Waals surface area (Å²) in [6.07, 6.45) is 1.83. The lowest BCUT2D eigenvalue weighted by atomic mass is 9.78. The van der Waals surface area contributed by atoms with Gasteiger partial charge < -0.3 is 10.6 Å². The van der Waals surface area contributed by atoms with Gasteiger partial charge in [0.2, 0.25) is 11.8 Å². The van der Waals surface area contributed by atoms with E-state index >= 15 is 0 Å². The highest BCUT2D eigenvalue weighted by Crippen LogP contribution is 2.36. The molecule has 1 aromatic heterocycles. The van der Waals surface area contributed by atoms with Crippen LogP contribution < -0.4 is 10.6 Å². The summed E-state index contributed by atoms with van der Waals surface area (Å²) in [4.78, 5) is 22.4. The van der Waals surface area contributed by atoms with Crippen molar-refractivity contribution in [3.63, 3.8) is 0 Å². The number of amides is 2. The maximum atomic E-state index is 11.5. The maximum absolute atomic E-state index is 11.5. The number of aromatic amines is 1. The Morgan fingerprint density at radius 3 is 2.68 bits per heavy atom. The van der Waals surface area contributed by atoms with Gasteiger partial charge in [-0.05, 0) is 12.8 Å². The van der Waals surface area contributed by atoms with E-state index in [1.807, 2.05) is 19.9 Å². The largest absolute Gasteiger partial charge is 0.354 e. The van der Waals surface area contributed by atoms with E-state index in [-0.39, 0.29) is 23.8 Å². The van der Waals surface area contributed by atoms with Crippen molar-refractivity contribution < 1.29 is 9.59 Å². The lowest BCUT2D eigenvalue weighted by Gasteiger charge is -2.34. The van der Waals surface area contributed by atoms with Crippen LogP contribution in [0.15, 0.2) is 6.07 Å². The molecule has 1 heterocycles. The lowest BCUT2D eigenvalue weighted by molar-refractivity contribution is -0.120. The van der Waals surface area contributed by atoms with Gasteiger partial charge in [0.1, 0.15) is 0 Å². The molecule has 0 atom stereocenters. The van der Waals surface area contributed by atoms with Crippen molar-refractivity contribution in [1.82, 2.24) is 15.5 Å². The van der Waals surface area contributed by atoms with Crippen molar-refractivity contribution in [1.29, 1.82) is 0 Å². The zero-order valence-electron chi connectivity index (χ0n) is 11.5. The van der Waals surface area contributed by atoms with Crippen LogP contribution in [0.25, 0.3) is 0 Å². The molecule has 3 N–H and O–H groups in total. The van der Waals surface area contributed by atoms with Crippen molar-refractivity contribution in [3.05, 3.63) is 11.8 Å². The van der Waals surface area contributed by atoms with Crippen molar-refractivity contribution in [2.75, 3.05) is 5.32 Å². The van der Waals surface area contributed by atoms with Crippen molar-refractivity contribution in [3.8, 4) is 0 Å². The predicted octanol–water partition coefficient (Wildman–Crippen LogP) is 1.39. The van der Waals surface area contributed by atoms with Crippen LogP contribution >= 0.6 is 0 Å². The van der Waals surface area contributed by atoms with Crippen molar-refractivity contribution in [2.24, 2.45) is 5.92 Å². The highest BCUT2D eigenvalue weighted by molar-refractivity contribution is 5.91. The van der Waals surface area contributed by atoms with E-state index < -0.39 is 0 Å². The minimum atomic E-state index is -0.0620. The van der Waals surface area contributed by atoms with Crippen molar-refractivity contribution in [2.45, 2.75) is 45.6 Å². The van der Waals surface area contributed by atoms with Crippen LogP contribution in [-0.4, -0.2) is 28.1 Å². The van der Waals surface area contributed by atoms with Gasteiger partial charge in [0.05, 0.1) is 0 Å². The van der Waals surface area contributed by atoms with Crippen LogP contribution in [0.2, 0.25) is 0 Å². The Kier molecular flexibility index (Phi) is 3.87. The van der Waals surface area contributed by atoms with E-state index in [4.69, 9.17) is 0 Å². The van der Waals surface area contributed by atoms with E-state index in [1.54, 1.807) is 0 Å². The third-order valence-electron chi connectivity index (χ3n) is 3.36. The van der Waals surface area contributed by atoms with Gasteiger partial charge in [0.15, 0.2) is 5.82 Å². The molecule has 0 saturated heterocycles. The molecule has 0 radical (unpaired) electrons. The summed E-state index contributed by atoms with van der Waals surface area (Å²) in [6, 6.07) is 2.13. The van der Waals surface area contributed by atoms with Crippen LogP contribution in [0.5, 0.6) is 0 Å². The molecule has 1 saturated carbocycles. The van der Waals surface area contributed by atoms with Gasteiger partial charge in [-0.1, -0.05) is 13.8 Å². The van der Waals surface area contributed by atoms with Gasteiger partial charge in [0.25, 0.3) is 0 Å². The molecule has 2 rings (SSSR count). The zero-order chi connectivity index (χ0) is 14.0. The number of carbonyl (C=O) groups is 2. The number of rotatable bonds is 4. The maximum Gasteiger partial charge on any atom is 0.228 e. The summed E-state index contributed by atoms with van der Waals surface area (Å²) < 4.78 is 0. The predicted molar refractivity (Wildman–Crippen MR) is 71.6 cm³/mol. The molecule has 0 bridgehead atoms. The van der Waals surface area contributed by atoms with Gasteiger partial charge in [-0.15, -0.1) is 0 Å². The second-order valence-electron chi connectivity index (χ2n) is 5.42. The number of nitrogens with one attached hydrogen (secondary N) is 3. The molecule has 19 heavy (non-hydrogen) atoms. The first-order valence-corrected chi connectivity index (χ1v) is 6.59. The minimum absolute atomic E-state index is 0.0120. The Labute approximate surface area is 112 Å². The van der Waals surface area contributed by atoms with Gasteiger partial charge in [-0.2, -0.15) is 5.10 Å². The van der Waals surface area contributed by atoms with E-state index in [0.717, 1.165) is 18.5 Å². The zero-order valence-corrected chi connectivity index (χ0v) is 11.5. The summed E-state index contributed by atoms with van der Waals surface area (Å²) in [6.45, 7) is 5.21. The number of H-pyrrole nitrogens is 1. The highest BCUT2D eigenvalue weighted by Gasteiger charge is 2.32. The van der Waals surface area contributed by atoms with E-state index in [9.17, 15) is 9.59 Å². The molecule has 0 aromatic carbocycles. The first-order valence-electron chi connectivity index (χ1n) is 6.59. The SMILES string of the molecule is CC(=O)NC1CC(c2cc(NC(=O)C(C)C)n[nH]2)C1. The highest BCUT2D eigenvalue weighted by atomic mass is 16.2. The average molecular weight is 264 g/mol. The van der Waals surface area contributed by atoms with Crippen molar-refractivity contribution >= 4 is 17.6 Å². The fourth-order valence-electron chi connectivity index (χ4n) is 2.16. The summed E-state index contributed by atoms with van der Waals surface area (Å²) >= 11 is 0. The van der Waals surface area contributed by atoms with Crippen LogP contribution in [0.4, 0.5) is 5.82 Å². The summed E-state index contributed by atoms with van der Waals surface area (Å²) in [5.74, 6) is 0.861. The van der Waals surface area contributed by atoms with Gasteiger partial charge >= 0.3 is 0 Å². The molecule has 1 fully saturated rings. The number of hydrogen-bond acceptors (Lipinski definition) is 3. The molecule has 6 heteroatoms. The molecule has 1 aromatic rings. The average Bonchev–Trinajstić information content (AvgIpc) is 2.70. The number of nitrogens with zero attached hydrogens (tertiary/aromatic N) is 1. The molecule has 0 spiro atoms. The number of anilines is 1. The quantitative estimate of drug-likeness (QED) is 0.768. The van der Waals surface area contributed by atoms with Crippen LogP contribution in [0, 0.1) is 5.92 Å². The minimum Gasteiger partial charge on any atom is -0.354 e. The normalized spacial score (nSPS) is 21.9. The van der Waals surface area contributed by atoms with Gasteiger partial charge in [-0.3, -0.25) is 14.7 Å². The molecule has 1 aliphatic rings. The fourth-order valence-corrected chi connectivity index (χ4v) is 2.16. The Morgan fingerprint density at radius 2 is 2.11 bits per heavy atom. The first-order chi connectivity index (χ1) is 8.95. The molecule has 0 aliphatic heterocycles. The Hall–Kier alpha value is -1.85. The van der Waals surface area contributed by atoms with Gasteiger partial charge in [0, 0.05) is 36.6 Å². The molecule has 0 unspecified atom stereocenters. The fraction of sp³-hybridized carbons (Fsp3) is 0.615.